The molecule has 0 spiro atoms. The number of halogens is 1. The minimum absolute atomic E-state index is 0.105. The first-order valence-corrected chi connectivity index (χ1v) is 4.70. The van der Waals surface area contributed by atoms with Crippen LogP contribution in [0.5, 0.6) is 0 Å². The molecule has 0 unspecified atom stereocenters. The lowest BCUT2D eigenvalue weighted by molar-refractivity contribution is 0.0697. The fraction of sp³-hybridized carbons (Fsp3) is 0.333. The van der Waals surface area contributed by atoms with Crippen LogP contribution in [-0.4, -0.2) is 29.1 Å². The van der Waals surface area contributed by atoms with E-state index in [2.05, 4.69) is 4.98 Å². The van der Waals surface area contributed by atoms with Crippen molar-refractivity contribution in [3.05, 3.63) is 22.8 Å². The summed E-state index contributed by atoms with van der Waals surface area (Å²) in [6, 6.07) is 1.49. The van der Waals surface area contributed by atoms with Gasteiger partial charge in [0.05, 0.1) is 5.02 Å². The van der Waals surface area contributed by atoms with Crippen molar-refractivity contribution in [1.82, 2.24) is 4.98 Å². The van der Waals surface area contributed by atoms with E-state index in [1.165, 1.54) is 12.3 Å². The van der Waals surface area contributed by atoms with Crippen LogP contribution in [0, 0.1) is 0 Å². The summed E-state index contributed by atoms with van der Waals surface area (Å²) in [5.41, 5.74) is 0.105. The third kappa shape index (κ3) is 1.42. The van der Waals surface area contributed by atoms with E-state index < -0.39 is 5.97 Å². The van der Waals surface area contributed by atoms with Gasteiger partial charge in [-0.1, -0.05) is 11.6 Å². The number of anilines is 1. The molecule has 1 aliphatic heterocycles. The van der Waals surface area contributed by atoms with Crippen LogP contribution in [0.1, 0.15) is 16.8 Å². The maximum atomic E-state index is 10.9. The maximum Gasteiger partial charge on any atom is 0.341 e. The fourth-order valence-corrected chi connectivity index (χ4v) is 1.62. The molecule has 1 N–H and O–H groups in total. The molecule has 1 fully saturated rings. The number of carbonyl (C=O) groups is 1. The van der Waals surface area contributed by atoms with Crippen LogP contribution in [0.2, 0.25) is 5.02 Å². The van der Waals surface area contributed by atoms with Crippen LogP contribution in [0.4, 0.5) is 5.82 Å². The van der Waals surface area contributed by atoms with Gasteiger partial charge in [-0.3, -0.25) is 0 Å². The Bertz CT molecular complexity index is 377. The average Bonchev–Trinajstić information content (AvgIpc) is 1.99. The molecular formula is C9H9ClN2O2. The van der Waals surface area contributed by atoms with Gasteiger partial charge in [-0.15, -0.1) is 0 Å². The van der Waals surface area contributed by atoms with Crippen LogP contribution in [0.25, 0.3) is 0 Å². The Morgan fingerprint density at radius 2 is 2.29 bits per heavy atom. The molecule has 2 heterocycles. The van der Waals surface area contributed by atoms with E-state index in [-0.39, 0.29) is 10.6 Å². The van der Waals surface area contributed by atoms with Crippen molar-refractivity contribution in [3.63, 3.8) is 0 Å². The Morgan fingerprint density at radius 1 is 1.57 bits per heavy atom. The average molecular weight is 213 g/mol. The lowest BCUT2D eigenvalue weighted by Gasteiger charge is -2.32. The molecule has 5 heteroatoms. The van der Waals surface area contributed by atoms with Gasteiger partial charge in [0, 0.05) is 19.3 Å². The molecule has 0 saturated carbocycles. The number of rotatable bonds is 2. The molecule has 14 heavy (non-hydrogen) atoms. The number of aromatic carboxylic acids is 1. The van der Waals surface area contributed by atoms with Gasteiger partial charge in [-0.25, -0.2) is 9.78 Å². The van der Waals surface area contributed by atoms with Crippen molar-refractivity contribution in [1.29, 1.82) is 0 Å². The first kappa shape index (κ1) is 9.27. The number of nitrogens with zero attached hydrogens (tertiary/aromatic N) is 2. The second-order valence-corrected chi connectivity index (χ2v) is 3.54. The molecule has 1 aromatic rings. The molecule has 0 aromatic carbocycles. The summed E-state index contributed by atoms with van der Waals surface area (Å²) in [6.45, 7) is 1.71. The zero-order valence-electron chi connectivity index (χ0n) is 7.40. The zero-order chi connectivity index (χ0) is 10.1. The number of hydrogen-bond acceptors (Lipinski definition) is 3. The van der Waals surface area contributed by atoms with E-state index in [9.17, 15) is 4.79 Å². The zero-order valence-corrected chi connectivity index (χ0v) is 8.16. The standard InChI is InChI=1S/C9H9ClN2O2/c10-6-2-3-11-8(7(6)9(13)14)12-4-1-5-12/h2-3H,1,4-5H2,(H,13,14). The highest BCUT2D eigenvalue weighted by atomic mass is 35.5. The van der Waals surface area contributed by atoms with Crippen LogP contribution in [0.3, 0.4) is 0 Å². The third-order valence-electron chi connectivity index (χ3n) is 2.25. The fourth-order valence-electron chi connectivity index (χ4n) is 1.39. The van der Waals surface area contributed by atoms with Crippen molar-refractivity contribution in [3.8, 4) is 0 Å². The van der Waals surface area contributed by atoms with Gasteiger partial charge in [0.1, 0.15) is 11.4 Å². The van der Waals surface area contributed by atoms with Gasteiger partial charge in [0.25, 0.3) is 0 Å². The van der Waals surface area contributed by atoms with Gasteiger partial charge >= 0.3 is 5.97 Å². The van der Waals surface area contributed by atoms with E-state index in [4.69, 9.17) is 16.7 Å². The van der Waals surface area contributed by atoms with Crippen LogP contribution in [-0.2, 0) is 0 Å². The van der Waals surface area contributed by atoms with E-state index in [1.54, 1.807) is 0 Å². The Hall–Kier alpha value is -1.29. The van der Waals surface area contributed by atoms with Crippen LogP contribution >= 0.6 is 11.6 Å². The lowest BCUT2D eigenvalue weighted by Crippen LogP contribution is -2.38. The van der Waals surface area contributed by atoms with E-state index in [0.29, 0.717) is 5.82 Å². The predicted octanol–water partition coefficient (Wildman–Crippen LogP) is 1.64. The smallest absolute Gasteiger partial charge is 0.341 e. The van der Waals surface area contributed by atoms with Gasteiger partial charge in [0.2, 0.25) is 0 Å². The monoisotopic (exact) mass is 212 g/mol. The second-order valence-electron chi connectivity index (χ2n) is 3.14. The Balaban J connectivity index is 2.46. The number of pyridine rings is 1. The van der Waals surface area contributed by atoms with Crippen LogP contribution < -0.4 is 4.90 Å². The Labute approximate surface area is 86.1 Å². The Morgan fingerprint density at radius 3 is 2.79 bits per heavy atom. The molecule has 74 valence electrons. The molecule has 0 aliphatic carbocycles. The van der Waals surface area contributed by atoms with Crippen molar-refractivity contribution in [2.45, 2.75) is 6.42 Å². The molecule has 2 rings (SSSR count). The first-order chi connectivity index (χ1) is 6.70. The molecule has 0 radical (unpaired) electrons. The van der Waals surface area contributed by atoms with Crippen molar-refractivity contribution in [2.24, 2.45) is 0 Å². The summed E-state index contributed by atoms with van der Waals surface area (Å²) in [5, 5.41) is 9.21. The number of aromatic nitrogens is 1. The van der Waals surface area contributed by atoms with Gasteiger partial charge in [-0.05, 0) is 12.5 Å². The number of carboxylic acids is 1. The van der Waals surface area contributed by atoms with Crippen molar-refractivity contribution >= 4 is 23.4 Å². The van der Waals surface area contributed by atoms with Gasteiger partial charge in [0.15, 0.2) is 0 Å². The minimum atomic E-state index is -1.02. The van der Waals surface area contributed by atoms with Crippen LogP contribution in [0.15, 0.2) is 12.3 Å². The van der Waals surface area contributed by atoms with Gasteiger partial charge in [-0.2, -0.15) is 0 Å². The summed E-state index contributed by atoms with van der Waals surface area (Å²) in [4.78, 5) is 16.9. The minimum Gasteiger partial charge on any atom is -0.478 e. The third-order valence-corrected chi connectivity index (χ3v) is 2.56. The van der Waals surface area contributed by atoms with E-state index in [1.807, 2.05) is 4.90 Å². The molecule has 0 bridgehead atoms. The normalized spacial score (nSPS) is 15.1. The summed E-state index contributed by atoms with van der Waals surface area (Å²) in [7, 11) is 0. The molecule has 4 nitrogen and oxygen atoms in total. The SMILES string of the molecule is O=C(O)c1c(Cl)ccnc1N1CCC1. The topological polar surface area (TPSA) is 53.4 Å². The van der Waals surface area contributed by atoms with Crippen molar-refractivity contribution in [2.75, 3.05) is 18.0 Å². The molecule has 1 aliphatic rings. The summed E-state index contributed by atoms with van der Waals surface area (Å²) in [5.74, 6) is -0.541. The summed E-state index contributed by atoms with van der Waals surface area (Å²) < 4.78 is 0. The van der Waals surface area contributed by atoms with E-state index in [0.717, 1.165) is 19.5 Å². The summed E-state index contributed by atoms with van der Waals surface area (Å²) >= 11 is 5.80. The second kappa shape index (κ2) is 3.46. The number of hydrogen-bond donors (Lipinski definition) is 1. The number of carboxylic acid groups (broad SMARTS) is 1. The summed E-state index contributed by atoms with van der Waals surface area (Å²) in [6.07, 6.45) is 2.61. The van der Waals surface area contributed by atoms with Gasteiger partial charge < -0.3 is 10.0 Å². The molecule has 0 amide bonds. The molecule has 0 atom stereocenters. The highest BCUT2D eigenvalue weighted by molar-refractivity contribution is 6.34. The largest absolute Gasteiger partial charge is 0.478 e. The quantitative estimate of drug-likeness (QED) is 0.810. The maximum absolute atomic E-state index is 10.9. The molecule has 1 aromatic heterocycles. The van der Waals surface area contributed by atoms with Crippen molar-refractivity contribution < 1.29 is 9.90 Å². The highest BCUT2D eigenvalue weighted by Gasteiger charge is 2.24. The predicted molar refractivity (Wildman–Crippen MR) is 53.0 cm³/mol. The Kier molecular flexibility index (Phi) is 2.29. The lowest BCUT2D eigenvalue weighted by atomic mass is 10.1. The molecule has 1 saturated heterocycles. The van der Waals surface area contributed by atoms with E-state index >= 15 is 0 Å². The highest BCUT2D eigenvalue weighted by Crippen LogP contribution is 2.27. The molecular weight excluding hydrogens is 204 g/mol. The first-order valence-electron chi connectivity index (χ1n) is 4.33.